The van der Waals surface area contributed by atoms with E-state index in [1.165, 1.54) is 0 Å². The van der Waals surface area contributed by atoms with Gasteiger partial charge in [0.25, 0.3) is 0 Å². The molecule has 0 atom stereocenters. The molecule has 0 fully saturated rings. The number of Topliss-reactive ketones (excluding diaryl/α,β-unsaturated/α-hetero) is 1. The topological polar surface area (TPSA) is 37.3 Å². The minimum atomic E-state index is 0.212. The monoisotopic (exact) mass is 142 g/mol. The molecule has 0 bridgehead atoms. The van der Waals surface area contributed by atoms with Crippen LogP contribution in [0, 0.1) is 0 Å². The molecule has 0 aliphatic rings. The molecule has 1 N–H and O–H groups in total. The van der Waals surface area contributed by atoms with Gasteiger partial charge < -0.3 is 9.90 Å². The van der Waals surface area contributed by atoms with E-state index >= 15 is 0 Å². The summed E-state index contributed by atoms with van der Waals surface area (Å²) in [5.41, 5.74) is 0. The van der Waals surface area contributed by atoms with Crippen LogP contribution in [0.15, 0.2) is 11.8 Å². The van der Waals surface area contributed by atoms with Crippen molar-refractivity contribution >= 4 is 5.78 Å². The van der Waals surface area contributed by atoms with Gasteiger partial charge in [0.1, 0.15) is 5.78 Å². The Morgan fingerprint density at radius 3 is 2.50 bits per heavy atom. The average Bonchev–Trinajstić information content (AvgIpc) is 1.79. The molecule has 0 unspecified atom stereocenters. The van der Waals surface area contributed by atoms with E-state index in [4.69, 9.17) is 5.11 Å². The first-order chi connectivity index (χ1) is 4.63. The van der Waals surface area contributed by atoms with Gasteiger partial charge in [0.05, 0.1) is 5.76 Å². The van der Waals surface area contributed by atoms with Crippen LogP contribution in [0.5, 0.6) is 0 Å². The average molecular weight is 142 g/mol. The zero-order valence-electron chi connectivity index (χ0n) is 6.55. The fourth-order valence-corrected chi connectivity index (χ4v) is 0.662. The van der Waals surface area contributed by atoms with E-state index in [9.17, 15) is 4.79 Å². The summed E-state index contributed by atoms with van der Waals surface area (Å²) in [6.07, 6.45) is 3.97. The molecule has 0 spiro atoms. The number of carbonyl (C=O) groups excluding carboxylic acids is 1. The Balaban J connectivity index is 3.21. The molecule has 0 aromatic rings. The number of aliphatic hydroxyl groups excluding tert-OH is 1. The fourth-order valence-electron chi connectivity index (χ4n) is 0.662. The van der Waals surface area contributed by atoms with Crippen LogP contribution in [-0.2, 0) is 4.79 Å². The Morgan fingerprint density at radius 1 is 1.50 bits per heavy atom. The molecule has 0 radical (unpaired) electrons. The van der Waals surface area contributed by atoms with Crippen molar-refractivity contribution < 1.29 is 9.90 Å². The zero-order valence-corrected chi connectivity index (χ0v) is 6.55. The van der Waals surface area contributed by atoms with E-state index in [0.717, 1.165) is 12.8 Å². The van der Waals surface area contributed by atoms with Crippen LogP contribution in [0.2, 0.25) is 0 Å². The van der Waals surface area contributed by atoms with Crippen molar-refractivity contribution in [3.8, 4) is 0 Å². The Kier molecular flexibility index (Phi) is 4.63. The summed E-state index contributed by atoms with van der Waals surface area (Å²) >= 11 is 0. The van der Waals surface area contributed by atoms with Gasteiger partial charge in [-0.05, 0) is 32.8 Å². The van der Waals surface area contributed by atoms with Gasteiger partial charge in [0, 0.05) is 6.42 Å². The second kappa shape index (κ2) is 5.03. The number of rotatable bonds is 4. The Hall–Kier alpha value is -0.790. The summed E-state index contributed by atoms with van der Waals surface area (Å²) in [7, 11) is 0. The first-order valence-electron chi connectivity index (χ1n) is 3.48. The van der Waals surface area contributed by atoms with E-state index in [1.807, 2.05) is 0 Å². The fraction of sp³-hybridized carbons (Fsp3) is 0.625. The Bertz CT molecular complexity index is 132. The molecule has 0 aliphatic heterocycles. The van der Waals surface area contributed by atoms with Gasteiger partial charge in [0.15, 0.2) is 0 Å². The highest BCUT2D eigenvalue weighted by Crippen LogP contribution is 1.99. The molecule has 0 heterocycles. The van der Waals surface area contributed by atoms with Crippen LogP contribution in [0.25, 0.3) is 0 Å². The van der Waals surface area contributed by atoms with Crippen LogP contribution in [-0.4, -0.2) is 10.9 Å². The third-order valence-electron chi connectivity index (χ3n) is 1.17. The van der Waals surface area contributed by atoms with Crippen LogP contribution in [0.1, 0.15) is 33.1 Å². The van der Waals surface area contributed by atoms with Gasteiger partial charge in [-0.3, -0.25) is 0 Å². The van der Waals surface area contributed by atoms with Gasteiger partial charge in [-0.2, -0.15) is 0 Å². The molecule has 2 nitrogen and oxygen atoms in total. The van der Waals surface area contributed by atoms with Crippen molar-refractivity contribution in [2.75, 3.05) is 0 Å². The zero-order chi connectivity index (χ0) is 7.98. The summed E-state index contributed by atoms with van der Waals surface area (Å²) in [4.78, 5) is 10.4. The molecular formula is C8H14O2. The second-order valence-electron chi connectivity index (χ2n) is 2.44. The van der Waals surface area contributed by atoms with E-state index in [-0.39, 0.29) is 5.78 Å². The van der Waals surface area contributed by atoms with Gasteiger partial charge in [-0.25, -0.2) is 0 Å². The molecule has 10 heavy (non-hydrogen) atoms. The third kappa shape index (κ3) is 7.21. The first kappa shape index (κ1) is 9.21. The van der Waals surface area contributed by atoms with Crippen molar-refractivity contribution in [3.05, 3.63) is 11.8 Å². The second-order valence-corrected chi connectivity index (χ2v) is 2.44. The lowest BCUT2D eigenvalue weighted by Gasteiger charge is -1.91. The van der Waals surface area contributed by atoms with E-state index in [2.05, 4.69) is 0 Å². The lowest BCUT2D eigenvalue weighted by atomic mass is 10.2. The molecule has 0 saturated heterocycles. The summed E-state index contributed by atoms with van der Waals surface area (Å²) in [6, 6.07) is 0. The smallest absolute Gasteiger partial charge is 0.129 e. The quantitative estimate of drug-likeness (QED) is 0.482. The third-order valence-corrected chi connectivity index (χ3v) is 1.17. The lowest BCUT2D eigenvalue weighted by molar-refractivity contribution is -0.117. The van der Waals surface area contributed by atoms with Crippen molar-refractivity contribution in [2.24, 2.45) is 0 Å². The molecule has 0 rings (SSSR count). The van der Waals surface area contributed by atoms with Gasteiger partial charge in [-0.1, -0.05) is 0 Å². The van der Waals surface area contributed by atoms with Gasteiger partial charge in [0.2, 0.25) is 0 Å². The maximum Gasteiger partial charge on any atom is 0.129 e. The van der Waals surface area contributed by atoms with Crippen LogP contribution < -0.4 is 0 Å². The number of hydrogen-bond donors (Lipinski definition) is 1. The summed E-state index contributed by atoms with van der Waals surface area (Å²) in [6.45, 7) is 3.21. The molecule has 2 heteroatoms. The van der Waals surface area contributed by atoms with Crippen molar-refractivity contribution in [1.82, 2.24) is 0 Å². The van der Waals surface area contributed by atoms with E-state index in [1.54, 1.807) is 19.9 Å². The predicted octanol–water partition coefficient (Wildman–Crippen LogP) is 2.21. The first-order valence-corrected chi connectivity index (χ1v) is 3.48. The highest BCUT2D eigenvalue weighted by atomic mass is 16.3. The number of carbonyl (C=O) groups is 1. The van der Waals surface area contributed by atoms with Crippen molar-refractivity contribution in [2.45, 2.75) is 33.1 Å². The van der Waals surface area contributed by atoms with Gasteiger partial charge >= 0.3 is 0 Å². The predicted molar refractivity (Wildman–Crippen MR) is 40.9 cm³/mol. The summed E-state index contributed by atoms with van der Waals surface area (Å²) in [5, 5.41) is 8.69. The minimum Gasteiger partial charge on any atom is -0.513 e. The van der Waals surface area contributed by atoms with Crippen LogP contribution in [0.3, 0.4) is 0 Å². The molecule has 0 saturated carbocycles. The largest absolute Gasteiger partial charge is 0.513 e. The number of aliphatic hydroxyl groups is 1. The Labute approximate surface area is 61.6 Å². The number of ketones is 1. The molecule has 0 aromatic carbocycles. The minimum absolute atomic E-state index is 0.212. The molecule has 0 aliphatic carbocycles. The molecule has 0 aromatic heterocycles. The number of unbranched alkanes of at least 4 members (excludes halogenated alkanes) is 1. The van der Waals surface area contributed by atoms with Crippen LogP contribution in [0.4, 0.5) is 0 Å². The maximum atomic E-state index is 10.4. The van der Waals surface area contributed by atoms with Crippen molar-refractivity contribution in [3.63, 3.8) is 0 Å². The van der Waals surface area contributed by atoms with E-state index in [0.29, 0.717) is 12.2 Å². The lowest BCUT2D eigenvalue weighted by Crippen LogP contribution is -1.87. The molecule has 0 amide bonds. The summed E-state index contributed by atoms with van der Waals surface area (Å²) < 4.78 is 0. The summed E-state index contributed by atoms with van der Waals surface area (Å²) in [5.74, 6) is 0.549. The van der Waals surface area contributed by atoms with Crippen molar-refractivity contribution in [1.29, 1.82) is 0 Å². The highest BCUT2D eigenvalue weighted by molar-refractivity contribution is 5.75. The SMILES string of the molecule is CC(=O)CCC/C=C(/C)O. The normalized spacial score (nSPS) is 11.6. The number of hydrogen-bond acceptors (Lipinski definition) is 2. The van der Waals surface area contributed by atoms with Crippen LogP contribution >= 0.6 is 0 Å². The maximum absolute atomic E-state index is 10.4. The van der Waals surface area contributed by atoms with E-state index < -0.39 is 0 Å². The Morgan fingerprint density at radius 2 is 2.10 bits per heavy atom. The number of allylic oxidation sites excluding steroid dienone is 2. The standard InChI is InChI=1S/C8H14O2/c1-7(9)5-3-4-6-8(2)10/h5,9H,3-4,6H2,1-2H3/b7-5-. The van der Waals surface area contributed by atoms with Gasteiger partial charge in [-0.15, -0.1) is 0 Å². The molecule has 58 valence electrons. The molecular weight excluding hydrogens is 128 g/mol. The highest BCUT2D eigenvalue weighted by Gasteiger charge is 1.90.